The van der Waals surface area contributed by atoms with Crippen molar-refractivity contribution in [2.45, 2.75) is 6.54 Å². The zero-order valence-corrected chi connectivity index (χ0v) is 13.5. The highest BCUT2D eigenvalue weighted by atomic mass is 16.1. The molecule has 5 nitrogen and oxygen atoms in total. The zero-order chi connectivity index (χ0) is 16.4. The lowest BCUT2D eigenvalue weighted by Crippen LogP contribution is -2.45. The van der Waals surface area contributed by atoms with Crippen LogP contribution in [-0.2, 0) is 11.3 Å². The number of amides is 1. The van der Waals surface area contributed by atoms with Gasteiger partial charge in [-0.15, -0.1) is 0 Å². The summed E-state index contributed by atoms with van der Waals surface area (Å²) in [4.78, 5) is 20.0. The van der Waals surface area contributed by atoms with Crippen LogP contribution in [0.25, 0.3) is 16.9 Å². The number of imidazole rings is 1. The van der Waals surface area contributed by atoms with Crippen molar-refractivity contribution in [2.75, 3.05) is 26.2 Å². The van der Waals surface area contributed by atoms with Gasteiger partial charge in [0.05, 0.1) is 11.4 Å². The Morgan fingerprint density at radius 3 is 2.46 bits per heavy atom. The van der Waals surface area contributed by atoms with Crippen LogP contribution in [0.3, 0.4) is 0 Å². The van der Waals surface area contributed by atoms with Crippen molar-refractivity contribution in [3.8, 4) is 11.3 Å². The Morgan fingerprint density at radius 2 is 1.71 bits per heavy atom. The van der Waals surface area contributed by atoms with Crippen LogP contribution >= 0.6 is 0 Å². The second kappa shape index (κ2) is 6.45. The molecule has 5 heteroatoms. The van der Waals surface area contributed by atoms with Crippen molar-refractivity contribution in [3.05, 3.63) is 60.4 Å². The molecule has 1 aliphatic rings. The van der Waals surface area contributed by atoms with Crippen LogP contribution in [0.1, 0.15) is 5.69 Å². The Kier molecular flexibility index (Phi) is 4.01. The van der Waals surface area contributed by atoms with Crippen molar-refractivity contribution in [2.24, 2.45) is 0 Å². The number of hydrogen-bond donors (Lipinski definition) is 0. The number of rotatable bonds is 4. The minimum atomic E-state index is 0.793. The van der Waals surface area contributed by atoms with Gasteiger partial charge in [0, 0.05) is 44.5 Å². The molecular weight excluding hydrogens is 300 g/mol. The number of piperazine rings is 1. The molecule has 2 aromatic heterocycles. The molecule has 0 spiro atoms. The van der Waals surface area contributed by atoms with Gasteiger partial charge in [0.1, 0.15) is 5.65 Å². The van der Waals surface area contributed by atoms with Crippen molar-refractivity contribution >= 4 is 12.1 Å². The van der Waals surface area contributed by atoms with E-state index in [1.54, 1.807) is 0 Å². The van der Waals surface area contributed by atoms with Crippen LogP contribution in [0, 0.1) is 0 Å². The molecule has 0 unspecified atom stereocenters. The van der Waals surface area contributed by atoms with Crippen LogP contribution in [-0.4, -0.2) is 51.8 Å². The number of benzene rings is 1. The van der Waals surface area contributed by atoms with Crippen LogP contribution < -0.4 is 0 Å². The molecule has 1 saturated heterocycles. The molecule has 122 valence electrons. The Morgan fingerprint density at radius 1 is 0.958 bits per heavy atom. The van der Waals surface area contributed by atoms with Crippen LogP contribution in [0.15, 0.2) is 54.7 Å². The number of pyridine rings is 1. The first-order valence-electron chi connectivity index (χ1n) is 8.28. The highest BCUT2D eigenvalue weighted by Gasteiger charge is 2.20. The van der Waals surface area contributed by atoms with Gasteiger partial charge in [-0.3, -0.25) is 9.69 Å². The Bertz CT molecular complexity index is 835. The van der Waals surface area contributed by atoms with E-state index in [0.717, 1.165) is 56.0 Å². The van der Waals surface area contributed by atoms with Gasteiger partial charge in [0.15, 0.2) is 0 Å². The summed E-state index contributed by atoms with van der Waals surface area (Å²) in [6.45, 7) is 4.21. The van der Waals surface area contributed by atoms with E-state index in [9.17, 15) is 4.79 Å². The quantitative estimate of drug-likeness (QED) is 0.693. The van der Waals surface area contributed by atoms with E-state index in [1.807, 2.05) is 41.3 Å². The normalized spacial score (nSPS) is 15.8. The average Bonchev–Trinajstić information content (AvgIpc) is 3.02. The molecule has 1 fully saturated rings. The molecular formula is C19H20N4O. The second-order valence-corrected chi connectivity index (χ2v) is 6.12. The van der Waals surface area contributed by atoms with E-state index < -0.39 is 0 Å². The number of carbonyl (C=O) groups is 1. The van der Waals surface area contributed by atoms with Gasteiger partial charge in [-0.1, -0.05) is 36.4 Å². The van der Waals surface area contributed by atoms with Crippen molar-refractivity contribution in [1.82, 2.24) is 19.2 Å². The summed E-state index contributed by atoms with van der Waals surface area (Å²) < 4.78 is 2.18. The van der Waals surface area contributed by atoms with Gasteiger partial charge in [-0.05, 0) is 12.1 Å². The van der Waals surface area contributed by atoms with Gasteiger partial charge >= 0.3 is 0 Å². The predicted octanol–water partition coefficient (Wildman–Crippen LogP) is 2.28. The number of hydrogen-bond acceptors (Lipinski definition) is 3. The molecule has 4 rings (SSSR count). The number of nitrogens with zero attached hydrogens (tertiary/aromatic N) is 4. The van der Waals surface area contributed by atoms with Crippen LogP contribution in [0.5, 0.6) is 0 Å². The number of carbonyl (C=O) groups excluding carboxylic acids is 1. The summed E-state index contributed by atoms with van der Waals surface area (Å²) in [5.74, 6) is 0. The largest absolute Gasteiger partial charge is 0.343 e. The first kappa shape index (κ1) is 14.9. The first-order chi connectivity index (χ1) is 11.8. The van der Waals surface area contributed by atoms with Gasteiger partial charge in [0.2, 0.25) is 6.41 Å². The fourth-order valence-electron chi connectivity index (χ4n) is 3.26. The summed E-state index contributed by atoms with van der Waals surface area (Å²) in [5.41, 5.74) is 4.36. The van der Waals surface area contributed by atoms with E-state index >= 15 is 0 Å². The third-order valence-corrected chi connectivity index (χ3v) is 4.61. The zero-order valence-electron chi connectivity index (χ0n) is 13.5. The van der Waals surface area contributed by atoms with Gasteiger partial charge < -0.3 is 9.30 Å². The summed E-state index contributed by atoms with van der Waals surface area (Å²) >= 11 is 0. The molecule has 3 aromatic rings. The molecule has 1 aromatic carbocycles. The van der Waals surface area contributed by atoms with Gasteiger partial charge in [-0.25, -0.2) is 4.98 Å². The topological polar surface area (TPSA) is 40.9 Å². The Hall–Kier alpha value is -2.66. The lowest BCUT2D eigenvalue weighted by atomic mass is 10.1. The summed E-state index contributed by atoms with van der Waals surface area (Å²) in [5, 5.41) is 0. The van der Waals surface area contributed by atoms with Crippen molar-refractivity contribution in [1.29, 1.82) is 0 Å². The first-order valence-corrected chi connectivity index (χ1v) is 8.28. The molecule has 3 heterocycles. The van der Waals surface area contributed by atoms with Gasteiger partial charge in [0.25, 0.3) is 0 Å². The minimum Gasteiger partial charge on any atom is -0.343 e. The predicted molar refractivity (Wildman–Crippen MR) is 93.5 cm³/mol. The highest BCUT2D eigenvalue weighted by Crippen LogP contribution is 2.25. The summed E-state index contributed by atoms with van der Waals surface area (Å²) in [7, 11) is 0. The van der Waals surface area contributed by atoms with Crippen molar-refractivity contribution < 1.29 is 4.79 Å². The third kappa shape index (κ3) is 2.78. The third-order valence-electron chi connectivity index (χ3n) is 4.61. The molecule has 0 atom stereocenters. The smallest absolute Gasteiger partial charge is 0.209 e. The monoisotopic (exact) mass is 320 g/mol. The van der Waals surface area contributed by atoms with E-state index in [2.05, 4.69) is 27.6 Å². The SMILES string of the molecule is O=CN1CCN(Cc2c(-c3ccccc3)nc3ccccn23)CC1. The summed E-state index contributed by atoms with van der Waals surface area (Å²) in [6, 6.07) is 16.4. The van der Waals surface area contributed by atoms with Crippen LogP contribution in [0.2, 0.25) is 0 Å². The molecule has 0 aliphatic carbocycles. The molecule has 0 saturated carbocycles. The molecule has 1 amide bonds. The van der Waals surface area contributed by atoms with E-state index in [4.69, 9.17) is 4.98 Å². The van der Waals surface area contributed by atoms with Crippen LogP contribution in [0.4, 0.5) is 0 Å². The van der Waals surface area contributed by atoms with E-state index in [-0.39, 0.29) is 0 Å². The highest BCUT2D eigenvalue weighted by molar-refractivity contribution is 5.66. The van der Waals surface area contributed by atoms with E-state index in [1.165, 1.54) is 5.69 Å². The fraction of sp³-hybridized carbons (Fsp3) is 0.263. The Balaban J connectivity index is 1.69. The molecule has 24 heavy (non-hydrogen) atoms. The number of fused-ring (bicyclic) bond motifs is 1. The standard InChI is InChI=1S/C19H20N4O/c24-15-22-12-10-21(11-13-22)14-17-19(16-6-2-1-3-7-16)20-18-8-4-5-9-23(17)18/h1-9,15H,10-14H2. The van der Waals surface area contributed by atoms with E-state index in [0.29, 0.717) is 0 Å². The maximum Gasteiger partial charge on any atom is 0.209 e. The average molecular weight is 320 g/mol. The summed E-state index contributed by atoms with van der Waals surface area (Å²) in [6.07, 6.45) is 3.02. The molecule has 1 aliphatic heterocycles. The molecule has 0 bridgehead atoms. The molecule has 0 N–H and O–H groups in total. The lowest BCUT2D eigenvalue weighted by molar-refractivity contribution is -0.119. The maximum atomic E-state index is 10.9. The lowest BCUT2D eigenvalue weighted by Gasteiger charge is -2.32. The molecule has 0 radical (unpaired) electrons. The maximum absolute atomic E-state index is 10.9. The fourth-order valence-corrected chi connectivity index (χ4v) is 3.26. The minimum absolute atomic E-state index is 0.793. The second-order valence-electron chi connectivity index (χ2n) is 6.12. The Labute approximate surface area is 141 Å². The van der Waals surface area contributed by atoms with Crippen molar-refractivity contribution in [3.63, 3.8) is 0 Å². The number of aromatic nitrogens is 2. The van der Waals surface area contributed by atoms with Gasteiger partial charge in [-0.2, -0.15) is 0 Å².